The van der Waals surface area contributed by atoms with Gasteiger partial charge in [-0.15, -0.1) is 11.3 Å². The predicted octanol–water partition coefficient (Wildman–Crippen LogP) is 3.71. The van der Waals surface area contributed by atoms with E-state index in [1.54, 1.807) is 25.6 Å². The Bertz CT molecular complexity index is 1130. The molecule has 1 aromatic carbocycles. The number of H-pyrrole nitrogens is 1. The molecule has 0 aliphatic carbocycles. The summed E-state index contributed by atoms with van der Waals surface area (Å²) in [7, 11) is 3.22. The fourth-order valence-electron chi connectivity index (χ4n) is 3.12. The molecule has 3 aromatic heterocycles. The third kappa shape index (κ3) is 3.32. The first-order chi connectivity index (χ1) is 13.2. The molecule has 7 heteroatoms. The van der Waals surface area contributed by atoms with Crippen LogP contribution in [0.1, 0.15) is 11.4 Å². The molecular weight excluding hydrogens is 362 g/mol. The topological polar surface area (TPSA) is 68.6 Å². The minimum atomic E-state index is -0.195. The summed E-state index contributed by atoms with van der Waals surface area (Å²) >= 11 is 1.62. The van der Waals surface area contributed by atoms with Crippen molar-refractivity contribution in [1.29, 1.82) is 0 Å². The second-order valence-electron chi connectivity index (χ2n) is 6.15. The summed E-state index contributed by atoms with van der Waals surface area (Å²) in [5.41, 5.74) is 5.07. The number of nitrogens with one attached hydrogen (secondary N) is 1. The lowest BCUT2D eigenvalue weighted by molar-refractivity contribution is 0.181. The van der Waals surface area contributed by atoms with Crippen LogP contribution in [-0.2, 0) is 22.7 Å². The van der Waals surface area contributed by atoms with Gasteiger partial charge in [0.15, 0.2) is 0 Å². The van der Waals surface area contributed by atoms with E-state index in [-0.39, 0.29) is 5.56 Å². The van der Waals surface area contributed by atoms with Gasteiger partial charge in [0.2, 0.25) is 0 Å². The van der Waals surface area contributed by atoms with E-state index in [4.69, 9.17) is 9.47 Å². The third-order valence-electron chi connectivity index (χ3n) is 4.28. The molecule has 3 heterocycles. The van der Waals surface area contributed by atoms with Gasteiger partial charge in [0.25, 0.3) is 5.56 Å². The van der Waals surface area contributed by atoms with Crippen molar-refractivity contribution in [2.45, 2.75) is 13.2 Å². The van der Waals surface area contributed by atoms with Gasteiger partial charge in [-0.3, -0.25) is 4.79 Å². The number of thiophene rings is 1. The Hall–Kier alpha value is -2.74. The Balaban J connectivity index is 1.90. The van der Waals surface area contributed by atoms with Crippen LogP contribution < -0.4 is 5.56 Å². The summed E-state index contributed by atoms with van der Waals surface area (Å²) < 4.78 is 11.9. The van der Waals surface area contributed by atoms with Crippen LogP contribution in [0.15, 0.2) is 52.6 Å². The quantitative estimate of drug-likeness (QED) is 0.553. The molecule has 0 saturated heterocycles. The zero-order valence-electron chi connectivity index (χ0n) is 15.1. The number of nitrogens with zero attached hydrogens (tertiary/aromatic N) is 2. The lowest BCUT2D eigenvalue weighted by atomic mass is 10.1. The highest BCUT2D eigenvalue weighted by molar-refractivity contribution is 7.14. The van der Waals surface area contributed by atoms with Crippen LogP contribution in [0.2, 0.25) is 0 Å². The maximum atomic E-state index is 12.5. The molecule has 0 atom stereocenters. The number of ether oxygens (including phenoxy) is 2. The Morgan fingerprint density at radius 1 is 1.07 bits per heavy atom. The Kier molecular flexibility index (Phi) is 4.89. The molecule has 0 bridgehead atoms. The van der Waals surface area contributed by atoms with Crippen molar-refractivity contribution in [3.63, 3.8) is 0 Å². The minimum Gasteiger partial charge on any atom is -0.378 e. The summed E-state index contributed by atoms with van der Waals surface area (Å²) in [5, 5.41) is 6.59. The highest BCUT2D eigenvalue weighted by atomic mass is 32.1. The molecule has 4 aromatic rings. The van der Waals surface area contributed by atoms with E-state index in [1.807, 2.05) is 18.2 Å². The molecule has 0 unspecified atom stereocenters. The van der Waals surface area contributed by atoms with Crippen molar-refractivity contribution in [2.24, 2.45) is 0 Å². The van der Waals surface area contributed by atoms with Crippen molar-refractivity contribution in [2.75, 3.05) is 14.2 Å². The molecule has 0 aliphatic heterocycles. The first kappa shape index (κ1) is 17.7. The largest absolute Gasteiger partial charge is 0.378 e. The van der Waals surface area contributed by atoms with Crippen LogP contribution in [-0.4, -0.2) is 28.8 Å². The van der Waals surface area contributed by atoms with Crippen molar-refractivity contribution < 1.29 is 9.47 Å². The smallest absolute Gasteiger partial charge is 0.274 e. The van der Waals surface area contributed by atoms with Gasteiger partial charge in [-0.1, -0.05) is 30.3 Å². The van der Waals surface area contributed by atoms with E-state index in [2.05, 4.69) is 33.7 Å². The minimum absolute atomic E-state index is 0.195. The molecule has 4 rings (SSSR count). The first-order valence-corrected chi connectivity index (χ1v) is 9.35. The number of aromatic nitrogens is 3. The molecule has 0 fully saturated rings. The van der Waals surface area contributed by atoms with E-state index in [9.17, 15) is 4.79 Å². The van der Waals surface area contributed by atoms with Gasteiger partial charge in [-0.05, 0) is 22.6 Å². The highest BCUT2D eigenvalue weighted by Crippen LogP contribution is 2.36. The van der Waals surface area contributed by atoms with E-state index in [0.29, 0.717) is 24.6 Å². The summed E-state index contributed by atoms with van der Waals surface area (Å²) in [6, 6.07) is 13.8. The maximum absolute atomic E-state index is 12.5. The van der Waals surface area contributed by atoms with Gasteiger partial charge in [-0.2, -0.15) is 9.61 Å². The molecule has 6 nitrogen and oxygen atoms in total. The third-order valence-corrected chi connectivity index (χ3v) is 5.22. The monoisotopic (exact) mass is 381 g/mol. The van der Waals surface area contributed by atoms with Gasteiger partial charge in [0.1, 0.15) is 5.65 Å². The van der Waals surface area contributed by atoms with Gasteiger partial charge in [-0.25, -0.2) is 0 Å². The first-order valence-electron chi connectivity index (χ1n) is 8.47. The molecule has 0 radical (unpaired) electrons. The van der Waals surface area contributed by atoms with Crippen molar-refractivity contribution in [1.82, 2.24) is 14.6 Å². The van der Waals surface area contributed by atoms with E-state index in [0.717, 1.165) is 27.3 Å². The van der Waals surface area contributed by atoms with Crippen LogP contribution in [0.5, 0.6) is 0 Å². The maximum Gasteiger partial charge on any atom is 0.274 e. The van der Waals surface area contributed by atoms with Gasteiger partial charge < -0.3 is 14.5 Å². The highest BCUT2D eigenvalue weighted by Gasteiger charge is 2.19. The fourth-order valence-corrected chi connectivity index (χ4v) is 4.10. The number of rotatable bonds is 6. The molecular formula is C20H19N3O3S. The number of benzene rings is 1. The predicted molar refractivity (Wildman–Crippen MR) is 106 cm³/mol. The zero-order valence-corrected chi connectivity index (χ0v) is 15.9. The second-order valence-corrected chi connectivity index (χ2v) is 7.06. The lowest BCUT2D eigenvalue weighted by Gasteiger charge is -2.03. The van der Waals surface area contributed by atoms with Crippen molar-refractivity contribution in [3.05, 3.63) is 69.6 Å². The average Bonchev–Trinajstić information content (AvgIpc) is 3.28. The molecule has 27 heavy (non-hydrogen) atoms. The van der Waals surface area contributed by atoms with Gasteiger partial charge in [0, 0.05) is 30.9 Å². The Morgan fingerprint density at radius 3 is 2.59 bits per heavy atom. The average molecular weight is 381 g/mol. The van der Waals surface area contributed by atoms with Crippen molar-refractivity contribution >= 4 is 17.0 Å². The van der Waals surface area contributed by atoms with E-state index < -0.39 is 0 Å². The SMILES string of the molecule is COCc1cc(=O)n2nc(COC)c(-c3cc(-c4ccccc4)cs3)c2[nH]1. The van der Waals surface area contributed by atoms with Gasteiger partial charge >= 0.3 is 0 Å². The number of hydrogen-bond acceptors (Lipinski definition) is 5. The van der Waals surface area contributed by atoms with Crippen molar-refractivity contribution in [3.8, 4) is 21.6 Å². The van der Waals surface area contributed by atoms with Crippen LogP contribution in [0.25, 0.3) is 27.2 Å². The molecule has 0 amide bonds. The van der Waals surface area contributed by atoms with E-state index in [1.165, 1.54) is 10.6 Å². The molecule has 0 aliphatic rings. The second kappa shape index (κ2) is 7.48. The van der Waals surface area contributed by atoms with Crippen LogP contribution in [0.3, 0.4) is 0 Å². The number of fused-ring (bicyclic) bond motifs is 1. The normalized spacial score (nSPS) is 11.3. The summed E-state index contributed by atoms with van der Waals surface area (Å²) in [4.78, 5) is 16.8. The summed E-state index contributed by atoms with van der Waals surface area (Å²) in [5.74, 6) is 0. The molecule has 0 spiro atoms. The summed E-state index contributed by atoms with van der Waals surface area (Å²) in [6.45, 7) is 0.651. The summed E-state index contributed by atoms with van der Waals surface area (Å²) in [6.07, 6.45) is 0. The Labute approximate surface area is 160 Å². The molecule has 138 valence electrons. The molecule has 1 N–H and O–H groups in total. The standard InChI is InChI=1S/C20H19N3O3S/c1-25-10-15-9-18(24)23-20(21-15)19(16(22-23)11-26-2)17-8-14(12-27-17)13-6-4-3-5-7-13/h3-9,12,21H,10-11H2,1-2H3. The van der Waals surface area contributed by atoms with Crippen LogP contribution >= 0.6 is 11.3 Å². The van der Waals surface area contributed by atoms with Crippen LogP contribution in [0.4, 0.5) is 0 Å². The number of methoxy groups -OCH3 is 2. The number of aromatic amines is 1. The van der Waals surface area contributed by atoms with E-state index >= 15 is 0 Å². The zero-order chi connectivity index (χ0) is 18.8. The lowest BCUT2D eigenvalue weighted by Crippen LogP contribution is -2.16. The Morgan fingerprint density at radius 2 is 1.85 bits per heavy atom. The number of hydrogen-bond donors (Lipinski definition) is 1. The van der Waals surface area contributed by atoms with Crippen LogP contribution in [0, 0.1) is 0 Å². The molecule has 0 saturated carbocycles. The fraction of sp³-hybridized carbons (Fsp3) is 0.200. The van der Waals surface area contributed by atoms with Gasteiger partial charge in [0.05, 0.1) is 24.5 Å².